The van der Waals surface area contributed by atoms with E-state index in [2.05, 4.69) is 65.8 Å². The number of thiophene rings is 1. The Kier molecular flexibility index (Phi) is 8.29. The average Bonchev–Trinajstić information content (AvgIpc) is 3.51. The molecule has 0 saturated carbocycles. The molecule has 202 valence electrons. The summed E-state index contributed by atoms with van der Waals surface area (Å²) >= 11 is 1.75. The molecule has 5 heteroatoms. The number of nitrogens with one attached hydrogen (secondary N) is 1. The Morgan fingerprint density at radius 2 is 1.85 bits per heavy atom. The third-order valence-electron chi connectivity index (χ3n) is 7.71. The zero-order valence-electron chi connectivity index (χ0n) is 22.8. The minimum atomic E-state index is -0.247. The molecule has 5 rings (SSSR count). The van der Waals surface area contributed by atoms with Gasteiger partial charge >= 0.3 is 0 Å². The highest BCUT2D eigenvalue weighted by Crippen LogP contribution is 2.41. The average molecular weight is 543 g/mol. The fourth-order valence-corrected chi connectivity index (χ4v) is 7.06. The number of likely N-dealkylation sites (tertiary alicyclic amines) is 1. The van der Waals surface area contributed by atoms with Crippen LogP contribution >= 0.6 is 11.3 Å². The smallest absolute Gasteiger partial charge is 0.123 e. The number of alkyl halides is 1. The van der Waals surface area contributed by atoms with Crippen LogP contribution < -0.4 is 5.32 Å². The van der Waals surface area contributed by atoms with Gasteiger partial charge in [0.05, 0.1) is 6.67 Å². The van der Waals surface area contributed by atoms with Crippen molar-refractivity contribution < 1.29 is 8.78 Å². The number of rotatable bonds is 10. The maximum atomic E-state index is 14.1. The molecule has 0 spiro atoms. The molecule has 1 aliphatic heterocycles. The molecule has 0 radical (unpaired) electrons. The zero-order valence-corrected chi connectivity index (χ0v) is 23.6. The van der Waals surface area contributed by atoms with Gasteiger partial charge in [-0.1, -0.05) is 43.5 Å². The highest BCUT2D eigenvalue weighted by Gasteiger charge is 2.22. The molecule has 1 aromatic heterocycles. The van der Waals surface area contributed by atoms with Crippen molar-refractivity contribution in [3.8, 4) is 0 Å². The van der Waals surface area contributed by atoms with Crippen molar-refractivity contribution >= 4 is 38.8 Å². The molecule has 3 aromatic carbocycles. The summed E-state index contributed by atoms with van der Waals surface area (Å²) in [5.41, 5.74) is 8.44. The second-order valence-corrected chi connectivity index (χ2v) is 11.7. The Morgan fingerprint density at radius 1 is 1.10 bits per heavy atom. The number of anilines is 1. The maximum Gasteiger partial charge on any atom is 0.123 e. The summed E-state index contributed by atoms with van der Waals surface area (Å²) in [6.45, 7) is 14.9. The summed E-state index contributed by atoms with van der Waals surface area (Å²) in [5.74, 6) is -0.215. The van der Waals surface area contributed by atoms with Gasteiger partial charge in [-0.05, 0) is 108 Å². The van der Waals surface area contributed by atoms with E-state index in [0.29, 0.717) is 12.5 Å². The Morgan fingerprint density at radius 3 is 2.54 bits per heavy atom. The second kappa shape index (κ2) is 11.8. The van der Waals surface area contributed by atoms with Gasteiger partial charge in [0.15, 0.2) is 0 Å². The molecule has 39 heavy (non-hydrogen) atoms. The van der Waals surface area contributed by atoms with Crippen molar-refractivity contribution in [1.82, 2.24) is 4.90 Å². The molecule has 4 aromatic rings. The number of fused-ring (bicyclic) bond motifs is 1. The molecular formula is C34H36F2N2S. The number of benzene rings is 3. The predicted octanol–water partition coefficient (Wildman–Crippen LogP) is 8.80. The number of halogens is 2. The van der Waals surface area contributed by atoms with Crippen LogP contribution in [0.5, 0.6) is 0 Å². The highest BCUT2D eigenvalue weighted by atomic mass is 32.1. The van der Waals surface area contributed by atoms with Crippen molar-refractivity contribution in [3.63, 3.8) is 0 Å². The Balaban J connectivity index is 1.41. The van der Waals surface area contributed by atoms with E-state index < -0.39 is 0 Å². The second-order valence-electron chi connectivity index (χ2n) is 10.6. The van der Waals surface area contributed by atoms with Crippen LogP contribution in [0, 0.1) is 19.7 Å². The van der Waals surface area contributed by atoms with E-state index in [0.717, 1.165) is 70.9 Å². The van der Waals surface area contributed by atoms with E-state index in [1.165, 1.54) is 21.2 Å². The lowest BCUT2D eigenvalue weighted by Crippen LogP contribution is -2.27. The number of nitrogens with zero attached hydrogens (tertiary/aromatic N) is 1. The fraction of sp³-hybridized carbons (Fsp3) is 0.294. The summed E-state index contributed by atoms with van der Waals surface area (Å²) in [6.07, 6.45) is 4.34. The van der Waals surface area contributed by atoms with Crippen LogP contribution in [-0.4, -0.2) is 37.3 Å². The van der Waals surface area contributed by atoms with Crippen molar-refractivity contribution in [3.05, 3.63) is 112 Å². The van der Waals surface area contributed by atoms with Crippen molar-refractivity contribution in [2.75, 3.05) is 31.6 Å². The van der Waals surface area contributed by atoms with Gasteiger partial charge in [0.25, 0.3) is 0 Å². The first-order valence-electron chi connectivity index (χ1n) is 13.6. The molecule has 0 aliphatic carbocycles. The molecule has 0 unspecified atom stereocenters. The number of hydrogen-bond acceptors (Lipinski definition) is 3. The van der Waals surface area contributed by atoms with Gasteiger partial charge in [-0.15, -0.1) is 11.3 Å². The van der Waals surface area contributed by atoms with Gasteiger partial charge in [-0.2, -0.15) is 0 Å². The third-order valence-corrected chi connectivity index (χ3v) is 8.97. The van der Waals surface area contributed by atoms with E-state index in [9.17, 15) is 8.78 Å². The largest absolute Gasteiger partial charge is 0.381 e. The van der Waals surface area contributed by atoms with Crippen LogP contribution in [0.25, 0.3) is 21.7 Å². The summed E-state index contributed by atoms with van der Waals surface area (Å²) in [7, 11) is 0. The molecule has 1 saturated heterocycles. The first-order valence-corrected chi connectivity index (χ1v) is 14.5. The highest BCUT2D eigenvalue weighted by molar-refractivity contribution is 7.20. The Hall–Kier alpha value is -3.28. The molecule has 0 amide bonds. The first-order chi connectivity index (χ1) is 18.9. The van der Waals surface area contributed by atoms with E-state index in [1.54, 1.807) is 23.5 Å². The van der Waals surface area contributed by atoms with E-state index in [-0.39, 0.29) is 12.5 Å². The quantitative estimate of drug-likeness (QED) is 0.215. The van der Waals surface area contributed by atoms with Gasteiger partial charge in [0, 0.05) is 40.9 Å². The molecule has 1 atom stereocenters. The molecule has 0 bridgehead atoms. The van der Waals surface area contributed by atoms with Crippen LogP contribution in [0.4, 0.5) is 14.5 Å². The SMILES string of the molecule is C=Cc1ccc2c(Cc3ccc(N[C@H]4CCN(CCCF)C4)cc3)c(C(=C)c3c(C)cc(F)cc3C)sc2c1. The monoisotopic (exact) mass is 542 g/mol. The van der Waals surface area contributed by atoms with Crippen LogP contribution in [0.2, 0.25) is 0 Å². The standard InChI is InChI=1S/C34H36F2N2S/c1-5-25-9-12-30-31(34(39-32(30)20-25)24(4)33-22(2)17-27(36)18-23(33)3)19-26-7-10-28(11-8-26)37-29-13-16-38(21-29)15-6-14-35/h5,7-12,17-18,20,29,37H,1,4,6,13-16,19,21H2,2-3H3/t29-/m0/s1. The van der Waals surface area contributed by atoms with Gasteiger partial charge in [-0.3, -0.25) is 4.39 Å². The first kappa shape index (κ1) is 27.3. The summed E-state index contributed by atoms with van der Waals surface area (Å²) in [5, 5.41) is 4.88. The lowest BCUT2D eigenvalue weighted by atomic mass is 9.91. The summed E-state index contributed by atoms with van der Waals surface area (Å²) in [4.78, 5) is 3.48. The zero-order chi connectivity index (χ0) is 27.5. The molecule has 1 aliphatic rings. The van der Waals surface area contributed by atoms with Gasteiger partial charge < -0.3 is 10.2 Å². The van der Waals surface area contributed by atoms with E-state index in [4.69, 9.17) is 0 Å². The number of aryl methyl sites for hydroxylation is 2. The summed E-state index contributed by atoms with van der Waals surface area (Å²) in [6, 6.07) is 18.8. The fourth-order valence-electron chi connectivity index (χ4n) is 5.81. The van der Waals surface area contributed by atoms with Gasteiger partial charge in [0.1, 0.15) is 5.82 Å². The van der Waals surface area contributed by atoms with Crippen molar-refractivity contribution in [2.45, 2.75) is 39.2 Å². The molecular weight excluding hydrogens is 506 g/mol. The van der Waals surface area contributed by atoms with Crippen LogP contribution in [0.15, 0.2) is 67.8 Å². The maximum absolute atomic E-state index is 14.1. The van der Waals surface area contributed by atoms with Crippen LogP contribution in [0.3, 0.4) is 0 Å². The van der Waals surface area contributed by atoms with E-state index in [1.807, 2.05) is 19.9 Å². The number of hydrogen-bond donors (Lipinski definition) is 1. The Bertz CT molecular complexity index is 1480. The lowest BCUT2D eigenvalue weighted by Gasteiger charge is -2.17. The minimum absolute atomic E-state index is 0.215. The topological polar surface area (TPSA) is 15.3 Å². The van der Waals surface area contributed by atoms with Gasteiger partial charge in [-0.25, -0.2) is 4.39 Å². The Labute approximate surface area is 234 Å². The van der Waals surface area contributed by atoms with Crippen molar-refractivity contribution in [2.24, 2.45) is 0 Å². The molecule has 2 heterocycles. The van der Waals surface area contributed by atoms with E-state index >= 15 is 0 Å². The van der Waals surface area contributed by atoms with Crippen molar-refractivity contribution in [1.29, 1.82) is 0 Å². The predicted molar refractivity (Wildman–Crippen MR) is 164 cm³/mol. The molecule has 1 fully saturated rings. The molecule has 2 nitrogen and oxygen atoms in total. The molecule has 1 N–H and O–H groups in total. The minimum Gasteiger partial charge on any atom is -0.381 e. The normalized spacial score (nSPS) is 15.6. The van der Waals surface area contributed by atoms with Gasteiger partial charge in [0.2, 0.25) is 0 Å². The van der Waals surface area contributed by atoms with Crippen LogP contribution in [-0.2, 0) is 6.42 Å². The lowest BCUT2D eigenvalue weighted by molar-refractivity contribution is 0.310. The third kappa shape index (κ3) is 6.00. The summed E-state index contributed by atoms with van der Waals surface area (Å²) < 4.78 is 27.8. The van der Waals surface area contributed by atoms with Crippen LogP contribution in [0.1, 0.15) is 51.1 Å².